The van der Waals surface area contributed by atoms with Crippen molar-refractivity contribution in [1.29, 1.82) is 0 Å². The summed E-state index contributed by atoms with van der Waals surface area (Å²) < 4.78 is 0. The quantitative estimate of drug-likeness (QED) is 0.431. The number of rotatable bonds is 5. The van der Waals surface area contributed by atoms with Crippen molar-refractivity contribution in [1.82, 2.24) is 0 Å². The molecule has 176 valence electrons. The number of carbonyl (C=O) groups excluding carboxylic acids is 1. The molecule has 5 rings (SSSR count). The Morgan fingerprint density at radius 3 is 2.19 bits per heavy atom. The monoisotopic (exact) mass is 426 g/mol. The van der Waals surface area contributed by atoms with Crippen LogP contribution in [0.25, 0.3) is 0 Å². The van der Waals surface area contributed by atoms with E-state index in [9.17, 15) is 4.79 Å². The summed E-state index contributed by atoms with van der Waals surface area (Å²) in [6.07, 6.45) is 16.4. The zero-order valence-electron chi connectivity index (χ0n) is 21.8. The van der Waals surface area contributed by atoms with Crippen molar-refractivity contribution in [3.8, 4) is 0 Å². The molecule has 0 heterocycles. The normalized spacial score (nSPS) is 51.0. The molecule has 1 nitrogen and oxygen atoms in total. The standard InChI is InChI=1S/C30H50O/c1-20(2)9-8-10-21(3)22-13-15-28(7)24-12-11-23-26(4,5)25(31)14-16-29(23)19-30(24,29)18-17-27(22,28)6/h20-24H,8-19H2,1-7H3/t21-,22-,23+,24+,27-,28+,29-,30+/m1/s1. The molecule has 0 aliphatic heterocycles. The van der Waals surface area contributed by atoms with E-state index in [1.807, 2.05) is 0 Å². The van der Waals surface area contributed by atoms with E-state index in [0.29, 0.717) is 33.4 Å². The van der Waals surface area contributed by atoms with Crippen LogP contribution in [0.4, 0.5) is 0 Å². The largest absolute Gasteiger partial charge is 0.299 e. The fourth-order valence-electron chi connectivity index (χ4n) is 11.2. The molecule has 0 aromatic rings. The smallest absolute Gasteiger partial charge is 0.138 e. The molecule has 5 fully saturated rings. The molecule has 0 unspecified atom stereocenters. The van der Waals surface area contributed by atoms with Gasteiger partial charge in [-0.05, 0) is 103 Å². The van der Waals surface area contributed by atoms with Gasteiger partial charge in [0.15, 0.2) is 0 Å². The van der Waals surface area contributed by atoms with Crippen LogP contribution in [0.3, 0.4) is 0 Å². The zero-order valence-corrected chi connectivity index (χ0v) is 21.8. The minimum Gasteiger partial charge on any atom is -0.299 e. The van der Waals surface area contributed by atoms with Crippen molar-refractivity contribution >= 4 is 5.78 Å². The summed E-state index contributed by atoms with van der Waals surface area (Å²) >= 11 is 0. The van der Waals surface area contributed by atoms with Crippen LogP contribution >= 0.6 is 0 Å². The Balaban J connectivity index is 1.39. The lowest BCUT2D eigenvalue weighted by atomic mass is 9.42. The summed E-state index contributed by atoms with van der Waals surface area (Å²) in [5.74, 6) is 4.81. The van der Waals surface area contributed by atoms with Crippen LogP contribution in [0.5, 0.6) is 0 Å². The van der Waals surface area contributed by atoms with Gasteiger partial charge < -0.3 is 0 Å². The second-order valence-electron chi connectivity index (χ2n) is 14.6. The van der Waals surface area contributed by atoms with Gasteiger partial charge in [0, 0.05) is 11.8 Å². The van der Waals surface area contributed by atoms with Crippen LogP contribution in [-0.4, -0.2) is 5.78 Å². The third-order valence-corrected chi connectivity index (χ3v) is 13.0. The van der Waals surface area contributed by atoms with E-state index in [-0.39, 0.29) is 5.41 Å². The van der Waals surface area contributed by atoms with Gasteiger partial charge in [0.1, 0.15) is 5.78 Å². The molecule has 2 spiro atoms. The van der Waals surface area contributed by atoms with E-state index >= 15 is 0 Å². The topological polar surface area (TPSA) is 17.1 Å². The summed E-state index contributed by atoms with van der Waals surface area (Å²) in [5, 5.41) is 0. The highest BCUT2D eigenvalue weighted by atomic mass is 16.1. The summed E-state index contributed by atoms with van der Waals surface area (Å²) in [7, 11) is 0. The molecule has 5 aliphatic rings. The number of Topliss-reactive ketones (excluding diaryl/α,β-unsaturated/α-hetero) is 1. The predicted octanol–water partition coefficient (Wildman–Crippen LogP) is 8.46. The SMILES string of the molecule is CC(C)CCC[C@@H](C)[C@H]1CC[C@@]2(C)[C@@H]3CC[C@H]4C(C)(C)C(=O)CC[C@@]45C[C@@]35CC[C@]12C. The molecular formula is C30H50O. The maximum absolute atomic E-state index is 12.8. The lowest BCUT2D eigenvalue weighted by Gasteiger charge is -2.62. The zero-order chi connectivity index (χ0) is 22.4. The third kappa shape index (κ3) is 2.70. The first-order chi connectivity index (χ1) is 14.4. The number of hydrogen-bond acceptors (Lipinski definition) is 1. The van der Waals surface area contributed by atoms with Crippen LogP contribution in [0.1, 0.15) is 126 Å². The third-order valence-electron chi connectivity index (χ3n) is 13.0. The van der Waals surface area contributed by atoms with Gasteiger partial charge >= 0.3 is 0 Å². The molecular weight excluding hydrogens is 376 g/mol. The molecule has 0 radical (unpaired) electrons. The fraction of sp³-hybridized carbons (Fsp3) is 0.967. The Morgan fingerprint density at radius 2 is 1.48 bits per heavy atom. The number of hydrogen-bond donors (Lipinski definition) is 0. The first-order valence-electron chi connectivity index (χ1n) is 14.0. The Morgan fingerprint density at radius 1 is 0.806 bits per heavy atom. The summed E-state index contributed by atoms with van der Waals surface area (Å²) in [4.78, 5) is 12.8. The van der Waals surface area contributed by atoms with Crippen LogP contribution in [-0.2, 0) is 4.79 Å². The molecule has 0 saturated heterocycles. The van der Waals surface area contributed by atoms with Crippen molar-refractivity contribution < 1.29 is 4.79 Å². The van der Waals surface area contributed by atoms with Gasteiger partial charge in [0.2, 0.25) is 0 Å². The number of fused-ring (bicyclic) bond motifs is 2. The average Bonchev–Trinajstić information content (AvgIpc) is 3.27. The van der Waals surface area contributed by atoms with Crippen molar-refractivity contribution in [2.45, 2.75) is 126 Å². The summed E-state index contributed by atoms with van der Waals surface area (Å²) in [6, 6.07) is 0. The van der Waals surface area contributed by atoms with Crippen LogP contribution in [0.2, 0.25) is 0 Å². The van der Waals surface area contributed by atoms with E-state index in [2.05, 4.69) is 48.5 Å². The Kier molecular flexibility index (Phi) is 4.96. The predicted molar refractivity (Wildman–Crippen MR) is 130 cm³/mol. The van der Waals surface area contributed by atoms with Crippen molar-refractivity contribution in [2.75, 3.05) is 0 Å². The molecule has 5 saturated carbocycles. The maximum Gasteiger partial charge on any atom is 0.138 e. The van der Waals surface area contributed by atoms with Gasteiger partial charge in [0.05, 0.1) is 0 Å². The van der Waals surface area contributed by atoms with Crippen molar-refractivity contribution in [3.63, 3.8) is 0 Å². The molecule has 0 amide bonds. The molecule has 0 bridgehead atoms. The Hall–Kier alpha value is -0.330. The second-order valence-corrected chi connectivity index (χ2v) is 14.6. The second kappa shape index (κ2) is 6.85. The van der Waals surface area contributed by atoms with Gasteiger partial charge in [-0.2, -0.15) is 0 Å². The first-order valence-corrected chi connectivity index (χ1v) is 14.0. The Labute approximate surface area is 192 Å². The van der Waals surface area contributed by atoms with Crippen LogP contribution in [0.15, 0.2) is 0 Å². The fourth-order valence-corrected chi connectivity index (χ4v) is 11.2. The maximum atomic E-state index is 12.8. The summed E-state index contributed by atoms with van der Waals surface area (Å²) in [5.41, 5.74) is 2.12. The highest BCUT2D eigenvalue weighted by Gasteiger charge is 2.82. The van der Waals surface area contributed by atoms with Gasteiger partial charge in [-0.1, -0.05) is 67.7 Å². The number of ketones is 1. The van der Waals surface area contributed by atoms with E-state index in [1.165, 1.54) is 70.6 Å². The first kappa shape index (κ1) is 22.5. The van der Waals surface area contributed by atoms with Gasteiger partial charge in [-0.15, -0.1) is 0 Å². The average molecular weight is 427 g/mol. The van der Waals surface area contributed by atoms with E-state index < -0.39 is 0 Å². The molecule has 0 aromatic heterocycles. The van der Waals surface area contributed by atoms with E-state index in [4.69, 9.17) is 0 Å². The van der Waals surface area contributed by atoms with Gasteiger partial charge in [0.25, 0.3) is 0 Å². The lowest BCUT2D eigenvalue weighted by Crippen LogP contribution is -2.57. The molecule has 5 aliphatic carbocycles. The highest BCUT2D eigenvalue weighted by molar-refractivity contribution is 5.86. The molecule has 0 aromatic carbocycles. The minimum atomic E-state index is -0.0719. The van der Waals surface area contributed by atoms with Crippen molar-refractivity contribution in [2.24, 2.45) is 56.7 Å². The van der Waals surface area contributed by atoms with Gasteiger partial charge in [-0.25, -0.2) is 0 Å². The molecule has 31 heavy (non-hydrogen) atoms. The minimum absolute atomic E-state index is 0.0719. The number of carbonyl (C=O) groups is 1. The molecule has 1 heteroatoms. The lowest BCUT2D eigenvalue weighted by molar-refractivity contribution is -0.157. The van der Waals surface area contributed by atoms with Crippen LogP contribution < -0.4 is 0 Å². The van der Waals surface area contributed by atoms with E-state index in [0.717, 1.165) is 30.1 Å². The Bertz CT molecular complexity index is 750. The van der Waals surface area contributed by atoms with Crippen LogP contribution in [0, 0.1) is 56.7 Å². The molecule has 0 N–H and O–H groups in total. The summed E-state index contributed by atoms with van der Waals surface area (Å²) in [6.45, 7) is 17.4. The molecule has 8 atom stereocenters. The van der Waals surface area contributed by atoms with Gasteiger partial charge in [-0.3, -0.25) is 4.79 Å². The van der Waals surface area contributed by atoms with E-state index in [1.54, 1.807) is 0 Å². The highest BCUT2D eigenvalue weighted by Crippen LogP contribution is 2.88. The van der Waals surface area contributed by atoms with Crippen molar-refractivity contribution in [3.05, 3.63) is 0 Å².